The number of carbonyl (C=O) groups is 1. The van der Waals surface area contributed by atoms with E-state index in [-0.39, 0.29) is 12.0 Å². The van der Waals surface area contributed by atoms with Gasteiger partial charge in [-0.15, -0.1) is 0 Å². The number of hydrogen-bond donors (Lipinski definition) is 4. The minimum absolute atomic E-state index is 0.176. The number of aliphatic hydroxyl groups excluding tert-OH is 3. The standard InChI is InChI=1S/C6H14O6.C4H6O2/c1-2-6(10-3-7,11-4-8)12-5-9;1-3(2)4(5)6/h7-9H,2-5H2,1H3;1H2,2H3,(H,5,6). The van der Waals surface area contributed by atoms with Crippen molar-refractivity contribution in [2.45, 2.75) is 26.2 Å². The average Bonchev–Trinajstić information content (AvgIpc) is 2.30. The first-order chi connectivity index (χ1) is 8.39. The van der Waals surface area contributed by atoms with Crippen molar-refractivity contribution in [3.05, 3.63) is 12.2 Å². The summed E-state index contributed by atoms with van der Waals surface area (Å²) < 4.78 is 14.0. The van der Waals surface area contributed by atoms with Crippen LogP contribution >= 0.6 is 0 Å². The quantitative estimate of drug-likeness (QED) is 0.346. The van der Waals surface area contributed by atoms with Crippen molar-refractivity contribution in [3.8, 4) is 0 Å². The molecule has 4 N–H and O–H groups in total. The summed E-state index contributed by atoms with van der Waals surface area (Å²) in [6.45, 7) is 4.40. The summed E-state index contributed by atoms with van der Waals surface area (Å²) in [7, 11) is 0. The molecule has 108 valence electrons. The molecule has 0 aliphatic heterocycles. The summed E-state index contributed by atoms with van der Waals surface area (Å²) >= 11 is 0. The molecule has 0 saturated carbocycles. The molecule has 0 aliphatic rings. The minimum Gasteiger partial charge on any atom is -0.478 e. The molecular formula is C10H20O8. The van der Waals surface area contributed by atoms with Crippen LogP contribution in [-0.4, -0.2) is 52.7 Å². The van der Waals surface area contributed by atoms with Crippen LogP contribution in [0.2, 0.25) is 0 Å². The topological polar surface area (TPSA) is 126 Å². The van der Waals surface area contributed by atoms with Crippen LogP contribution in [0.1, 0.15) is 20.3 Å². The van der Waals surface area contributed by atoms with Crippen LogP contribution < -0.4 is 0 Å². The molecular weight excluding hydrogens is 248 g/mol. The summed E-state index contributed by atoms with van der Waals surface area (Å²) in [6.07, 6.45) is 0.231. The van der Waals surface area contributed by atoms with Crippen molar-refractivity contribution in [1.82, 2.24) is 0 Å². The predicted molar refractivity (Wildman–Crippen MR) is 60.0 cm³/mol. The van der Waals surface area contributed by atoms with E-state index >= 15 is 0 Å². The molecule has 0 aromatic carbocycles. The second-order valence-electron chi connectivity index (χ2n) is 2.94. The van der Waals surface area contributed by atoms with Gasteiger partial charge in [0, 0.05) is 12.0 Å². The Balaban J connectivity index is 0. The van der Waals surface area contributed by atoms with E-state index in [4.69, 9.17) is 20.4 Å². The number of aliphatic carboxylic acids is 1. The Kier molecular flexibility index (Phi) is 11.9. The van der Waals surface area contributed by atoms with Crippen molar-refractivity contribution in [3.63, 3.8) is 0 Å². The average molecular weight is 268 g/mol. The molecule has 18 heavy (non-hydrogen) atoms. The van der Waals surface area contributed by atoms with Crippen LogP contribution in [0.5, 0.6) is 0 Å². The summed E-state index contributed by atoms with van der Waals surface area (Å²) in [5.41, 5.74) is 0.176. The number of carboxylic acids is 1. The maximum absolute atomic E-state index is 9.60. The Hall–Kier alpha value is -1.03. The van der Waals surface area contributed by atoms with Crippen molar-refractivity contribution in [1.29, 1.82) is 0 Å². The first kappa shape index (κ1) is 19.3. The third-order valence-corrected chi connectivity index (χ3v) is 1.65. The van der Waals surface area contributed by atoms with E-state index in [0.717, 1.165) is 0 Å². The van der Waals surface area contributed by atoms with Gasteiger partial charge in [-0.25, -0.2) is 4.79 Å². The van der Waals surface area contributed by atoms with Crippen LogP contribution in [0.15, 0.2) is 12.2 Å². The zero-order chi connectivity index (χ0) is 14.6. The lowest BCUT2D eigenvalue weighted by Crippen LogP contribution is -2.39. The van der Waals surface area contributed by atoms with Crippen LogP contribution in [-0.2, 0) is 19.0 Å². The molecule has 0 amide bonds. The fourth-order valence-electron chi connectivity index (χ4n) is 0.726. The van der Waals surface area contributed by atoms with E-state index in [1.54, 1.807) is 6.92 Å². The molecule has 0 aliphatic carbocycles. The van der Waals surface area contributed by atoms with Crippen molar-refractivity contribution in [2.24, 2.45) is 0 Å². The van der Waals surface area contributed by atoms with Gasteiger partial charge in [0.05, 0.1) is 0 Å². The number of aliphatic hydroxyl groups is 3. The third-order valence-electron chi connectivity index (χ3n) is 1.65. The largest absolute Gasteiger partial charge is 0.478 e. The Morgan fingerprint density at radius 3 is 1.50 bits per heavy atom. The van der Waals surface area contributed by atoms with E-state index in [0.29, 0.717) is 0 Å². The second-order valence-corrected chi connectivity index (χ2v) is 2.94. The first-order valence-electron chi connectivity index (χ1n) is 5.02. The van der Waals surface area contributed by atoms with Gasteiger partial charge >= 0.3 is 5.97 Å². The fourth-order valence-corrected chi connectivity index (χ4v) is 0.726. The van der Waals surface area contributed by atoms with Gasteiger partial charge < -0.3 is 34.6 Å². The highest BCUT2D eigenvalue weighted by molar-refractivity contribution is 5.84. The molecule has 0 unspecified atom stereocenters. The molecule has 8 nitrogen and oxygen atoms in total. The molecule has 8 heteroatoms. The Labute approximate surface area is 105 Å². The van der Waals surface area contributed by atoms with Crippen LogP contribution in [0.3, 0.4) is 0 Å². The van der Waals surface area contributed by atoms with E-state index in [1.165, 1.54) is 6.92 Å². The lowest BCUT2D eigenvalue weighted by Gasteiger charge is -2.29. The molecule has 0 spiro atoms. The van der Waals surface area contributed by atoms with Gasteiger partial charge in [-0.05, 0) is 6.92 Å². The van der Waals surface area contributed by atoms with Gasteiger partial charge in [0.15, 0.2) is 0 Å². The minimum atomic E-state index is -1.56. The maximum Gasteiger partial charge on any atom is 0.330 e. The van der Waals surface area contributed by atoms with Crippen LogP contribution in [0.25, 0.3) is 0 Å². The molecule has 0 aromatic heterocycles. The zero-order valence-corrected chi connectivity index (χ0v) is 10.5. The molecule has 0 saturated heterocycles. The van der Waals surface area contributed by atoms with Gasteiger partial charge in [0.2, 0.25) is 0 Å². The molecule has 0 rings (SSSR count). The Morgan fingerprint density at radius 1 is 1.11 bits per heavy atom. The summed E-state index contributed by atoms with van der Waals surface area (Å²) in [5.74, 6) is -2.49. The molecule has 0 fully saturated rings. The van der Waals surface area contributed by atoms with Gasteiger partial charge in [0.25, 0.3) is 5.97 Å². The lowest BCUT2D eigenvalue weighted by atomic mass is 10.4. The fraction of sp³-hybridized carbons (Fsp3) is 0.700. The summed E-state index contributed by atoms with van der Waals surface area (Å²) in [5, 5.41) is 33.2. The van der Waals surface area contributed by atoms with Crippen molar-refractivity contribution in [2.75, 3.05) is 20.4 Å². The van der Waals surface area contributed by atoms with Crippen molar-refractivity contribution >= 4 is 5.97 Å². The molecule has 0 atom stereocenters. The number of carboxylic acid groups (broad SMARTS) is 1. The SMILES string of the molecule is C=C(C)C(=O)O.CCC(OCO)(OCO)OCO. The summed E-state index contributed by atoms with van der Waals surface area (Å²) in [4.78, 5) is 9.60. The zero-order valence-electron chi connectivity index (χ0n) is 10.5. The van der Waals surface area contributed by atoms with E-state index in [1.807, 2.05) is 0 Å². The number of hydrogen-bond acceptors (Lipinski definition) is 7. The van der Waals surface area contributed by atoms with Gasteiger partial charge in [0.1, 0.15) is 20.4 Å². The smallest absolute Gasteiger partial charge is 0.330 e. The predicted octanol–water partition coefficient (Wildman–Crippen LogP) is -0.404. The van der Waals surface area contributed by atoms with E-state index < -0.39 is 32.3 Å². The normalized spacial score (nSPS) is 10.5. The van der Waals surface area contributed by atoms with Gasteiger partial charge in [-0.1, -0.05) is 13.5 Å². The monoisotopic (exact) mass is 268 g/mol. The molecule has 0 radical (unpaired) electrons. The highest BCUT2D eigenvalue weighted by Gasteiger charge is 2.31. The summed E-state index contributed by atoms with van der Waals surface area (Å²) in [6, 6.07) is 0. The van der Waals surface area contributed by atoms with Crippen LogP contribution in [0.4, 0.5) is 0 Å². The van der Waals surface area contributed by atoms with E-state index in [2.05, 4.69) is 20.8 Å². The highest BCUT2D eigenvalue weighted by atomic mass is 16.9. The maximum atomic E-state index is 9.60. The number of ether oxygens (including phenoxy) is 3. The molecule has 0 bridgehead atoms. The number of rotatable bonds is 8. The Morgan fingerprint density at radius 2 is 1.39 bits per heavy atom. The van der Waals surface area contributed by atoms with Crippen molar-refractivity contribution < 1.29 is 39.4 Å². The van der Waals surface area contributed by atoms with E-state index in [9.17, 15) is 4.79 Å². The lowest BCUT2D eigenvalue weighted by molar-refractivity contribution is -0.420. The molecule has 0 aromatic rings. The second kappa shape index (κ2) is 11.1. The van der Waals surface area contributed by atoms with Gasteiger partial charge in [-0.2, -0.15) is 0 Å². The molecule has 0 heterocycles. The first-order valence-corrected chi connectivity index (χ1v) is 5.02. The van der Waals surface area contributed by atoms with Gasteiger partial charge in [-0.3, -0.25) is 0 Å². The third kappa shape index (κ3) is 9.05. The highest BCUT2D eigenvalue weighted by Crippen LogP contribution is 2.18. The van der Waals surface area contributed by atoms with Crippen LogP contribution in [0, 0.1) is 0 Å². The Bertz CT molecular complexity index is 211.